The number of para-hydroxylation sites is 1. The molecule has 3 rings (SSSR count). The summed E-state index contributed by atoms with van der Waals surface area (Å²) in [5.41, 5.74) is 0.169. The van der Waals surface area contributed by atoms with Crippen LogP contribution in [0.15, 0.2) is 42.5 Å². The zero-order chi connectivity index (χ0) is 19.1. The monoisotopic (exact) mass is 396 g/mol. The number of fused-ring (bicyclic) bond motifs is 1. The van der Waals surface area contributed by atoms with E-state index < -0.39 is 29.2 Å². The van der Waals surface area contributed by atoms with E-state index in [9.17, 15) is 18.7 Å². The van der Waals surface area contributed by atoms with Crippen LogP contribution < -0.4 is 10.2 Å². The van der Waals surface area contributed by atoms with Crippen LogP contribution in [0.3, 0.4) is 0 Å². The van der Waals surface area contributed by atoms with E-state index in [1.54, 1.807) is 39.1 Å². The molecular weight excluding hydrogens is 374 g/mol. The van der Waals surface area contributed by atoms with Gasteiger partial charge in [0.25, 0.3) is 0 Å². The minimum atomic E-state index is -1.05. The number of benzene rings is 2. The third-order valence-corrected chi connectivity index (χ3v) is 4.90. The summed E-state index contributed by atoms with van der Waals surface area (Å²) in [6.45, 7) is 3.61. The molecule has 0 saturated carbocycles. The molecule has 1 amide bonds. The predicted octanol–water partition coefficient (Wildman–Crippen LogP) is 3.33. The van der Waals surface area contributed by atoms with Gasteiger partial charge in [-0.2, -0.15) is 0 Å². The number of carbonyl (C=O) groups excluding carboxylic acids is 1. The summed E-state index contributed by atoms with van der Waals surface area (Å²) in [6.07, 6.45) is -1.05. The molecule has 4 nitrogen and oxygen atoms in total. The SMILES string of the molecule is CNC[C@H](O)[C@H](c1cccc(F)c1)N1C(=O)C(C)(C)c2cccc(F)c21.Cl. The number of halogens is 3. The fourth-order valence-corrected chi connectivity index (χ4v) is 3.60. The Balaban J connectivity index is 0.00000261. The average Bonchev–Trinajstić information content (AvgIpc) is 2.78. The molecule has 0 radical (unpaired) electrons. The molecule has 1 aliphatic rings. The van der Waals surface area contributed by atoms with Gasteiger partial charge in [-0.05, 0) is 50.2 Å². The maximum atomic E-state index is 14.7. The third kappa shape index (κ3) is 3.57. The lowest BCUT2D eigenvalue weighted by Crippen LogP contribution is -2.45. The van der Waals surface area contributed by atoms with Gasteiger partial charge in [0.05, 0.1) is 23.2 Å². The number of aliphatic hydroxyl groups is 1. The lowest BCUT2D eigenvalue weighted by atomic mass is 9.86. The van der Waals surface area contributed by atoms with Crippen LogP contribution >= 0.6 is 12.4 Å². The molecule has 146 valence electrons. The molecule has 0 aliphatic carbocycles. The van der Waals surface area contributed by atoms with Crippen LogP contribution in [0.1, 0.15) is 31.0 Å². The number of hydrogen-bond donors (Lipinski definition) is 2. The maximum Gasteiger partial charge on any atom is 0.237 e. The molecule has 0 saturated heterocycles. The van der Waals surface area contributed by atoms with Crippen LogP contribution in [0.5, 0.6) is 0 Å². The second kappa shape index (κ2) is 7.92. The normalized spacial score (nSPS) is 17.3. The minimum Gasteiger partial charge on any atom is -0.389 e. The van der Waals surface area contributed by atoms with Crippen molar-refractivity contribution >= 4 is 24.0 Å². The highest BCUT2D eigenvalue weighted by molar-refractivity contribution is 6.08. The number of carbonyl (C=O) groups is 1. The van der Waals surface area contributed by atoms with Gasteiger partial charge in [-0.15, -0.1) is 12.4 Å². The first-order valence-corrected chi connectivity index (χ1v) is 8.49. The molecule has 27 heavy (non-hydrogen) atoms. The minimum absolute atomic E-state index is 0. The summed E-state index contributed by atoms with van der Waals surface area (Å²) in [6, 6.07) is 9.34. The van der Waals surface area contributed by atoms with E-state index >= 15 is 0 Å². The summed E-state index contributed by atoms with van der Waals surface area (Å²) in [5.74, 6) is -1.36. The van der Waals surface area contributed by atoms with E-state index in [2.05, 4.69) is 5.32 Å². The molecule has 0 aromatic heterocycles. The van der Waals surface area contributed by atoms with Crippen LogP contribution in [0, 0.1) is 11.6 Å². The van der Waals surface area contributed by atoms with Gasteiger partial charge >= 0.3 is 0 Å². The van der Waals surface area contributed by atoms with Crippen LogP contribution in [0.4, 0.5) is 14.5 Å². The Morgan fingerprint density at radius 2 is 1.85 bits per heavy atom. The van der Waals surface area contributed by atoms with Gasteiger partial charge in [-0.25, -0.2) is 8.78 Å². The van der Waals surface area contributed by atoms with Crippen molar-refractivity contribution in [2.75, 3.05) is 18.5 Å². The van der Waals surface area contributed by atoms with Crippen LogP contribution in [-0.4, -0.2) is 30.7 Å². The first-order chi connectivity index (χ1) is 12.3. The fourth-order valence-electron chi connectivity index (χ4n) is 3.60. The number of rotatable bonds is 5. The van der Waals surface area contributed by atoms with Gasteiger partial charge in [0.15, 0.2) is 0 Å². The Morgan fingerprint density at radius 1 is 1.19 bits per heavy atom. The Kier molecular flexibility index (Phi) is 6.24. The molecule has 2 N–H and O–H groups in total. The average molecular weight is 397 g/mol. The lowest BCUT2D eigenvalue weighted by Gasteiger charge is -2.34. The molecule has 2 atom stereocenters. The van der Waals surface area contributed by atoms with E-state index in [0.29, 0.717) is 11.1 Å². The number of nitrogens with one attached hydrogen (secondary N) is 1. The van der Waals surface area contributed by atoms with Crippen molar-refractivity contribution in [3.05, 3.63) is 65.2 Å². The van der Waals surface area contributed by atoms with Gasteiger partial charge in [-0.3, -0.25) is 9.69 Å². The molecule has 0 spiro atoms. The molecule has 0 bridgehead atoms. The molecule has 7 heteroatoms. The zero-order valence-corrected chi connectivity index (χ0v) is 16.2. The van der Waals surface area contributed by atoms with E-state index in [-0.39, 0.29) is 30.5 Å². The summed E-state index contributed by atoms with van der Waals surface area (Å²) in [5, 5.41) is 13.6. The first-order valence-electron chi connectivity index (χ1n) is 8.49. The number of amides is 1. The molecule has 1 aliphatic heterocycles. The zero-order valence-electron chi connectivity index (χ0n) is 15.4. The smallest absolute Gasteiger partial charge is 0.237 e. The number of aliphatic hydroxyl groups excluding tert-OH is 1. The summed E-state index contributed by atoms with van der Waals surface area (Å²) < 4.78 is 28.5. The predicted molar refractivity (Wildman–Crippen MR) is 103 cm³/mol. The molecule has 1 heterocycles. The quantitative estimate of drug-likeness (QED) is 0.815. The molecular formula is C20H23ClF2N2O2. The lowest BCUT2D eigenvalue weighted by molar-refractivity contribution is -0.123. The van der Waals surface area contributed by atoms with Gasteiger partial charge in [-0.1, -0.05) is 24.3 Å². The standard InChI is InChI=1S/C20H22F2N2O2.ClH/c1-20(2)14-8-5-9-15(22)18(14)24(19(20)26)17(16(25)11-23-3)12-6-4-7-13(21)10-12;/h4-10,16-17,23,25H,11H2,1-3H3;1H/t16-,17-;/m0./s1. The number of hydrogen-bond acceptors (Lipinski definition) is 3. The van der Waals surface area contributed by atoms with E-state index in [1.165, 1.54) is 29.2 Å². The van der Waals surface area contributed by atoms with Crippen molar-refractivity contribution in [3.8, 4) is 0 Å². The highest BCUT2D eigenvalue weighted by Gasteiger charge is 2.49. The van der Waals surface area contributed by atoms with Crippen molar-refractivity contribution in [3.63, 3.8) is 0 Å². The van der Waals surface area contributed by atoms with Gasteiger partial charge in [0.2, 0.25) is 5.91 Å². The largest absolute Gasteiger partial charge is 0.389 e. The van der Waals surface area contributed by atoms with E-state index in [4.69, 9.17) is 0 Å². The van der Waals surface area contributed by atoms with E-state index in [1.807, 2.05) is 0 Å². The number of likely N-dealkylation sites (N-methyl/N-ethyl adjacent to an activating group) is 1. The Morgan fingerprint density at radius 3 is 2.48 bits per heavy atom. The van der Waals surface area contributed by atoms with Crippen molar-refractivity contribution < 1.29 is 18.7 Å². The topological polar surface area (TPSA) is 52.6 Å². The van der Waals surface area contributed by atoms with E-state index in [0.717, 1.165) is 0 Å². The Bertz CT molecular complexity index is 844. The summed E-state index contributed by atoms with van der Waals surface area (Å²) >= 11 is 0. The van der Waals surface area contributed by atoms with Crippen LogP contribution in [0.25, 0.3) is 0 Å². The highest BCUT2D eigenvalue weighted by Crippen LogP contribution is 2.47. The first kappa shape index (κ1) is 21.3. The molecule has 2 aromatic rings. The van der Waals surface area contributed by atoms with Crippen molar-refractivity contribution in [2.45, 2.75) is 31.4 Å². The van der Waals surface area contributed by atoms with Gasteiger partial charge in [0, 0.05) is 6.54 Å². The van der Waals surface area contributed by atoms with Crippen LogP contribution in [-0.2, 0) is 10.2 Å². The van der Waals surface area contributed by atoms with Gasteiger partial charge < -0.3 is 10.4 Å². The molecule has 0 unspecified atom stereocenters. The highest BCUT2D eigenvalue weighted by atomic mass is 35.5. The summed E-state index contributed by atoms with van der Waals surface area (Å²) in [7, 11) is 1.66. The Hall–Kier alpha value is -2.02. The van der Waals surface area contributed by atoms with Gasteiger partial charge in [0.1, 0.15) is 11.6 Å². The second-order valence-electron chi connectivity index (χ2n) is 7.06. The number of anilines is 1. The second-order valence-corrected chi connectivity index (χ2v) is 7.06. The maximum absolute atomic E-state index is 14.7. The van der Waals surface area contributed by atoms with Crippen molar-refractivity contribution in [1.82, 2.24) is 5.32 Å². The van der Waals surface area contributed by atoms with Crippen LogP contribution in [0.2, 0.25) is 0 Å². The van der Waals surface area contributed by atoms with Crippen molar-refractivity contribution in [2.24, 2.45) is 0 Å². The Labute approximate surface area is 163 Å². The summed E-state index contributed by atoms with van der Waals surface area (Å²) in [4.78, 5) is 14.5. The molecule has 0 fully saturated rings. The number of nitrogens with zero attached hydrogens (tertiary/aromatic N) is 1. The molecule has 2 aromatic carbocycles. The fraction of sp³-hybridized carbons (Fsp3) is 0.350. The van der Waals surface area contributed by atoms with Crippen molar-refractivity contribution in [1.29, 1.82) is 0 Å². The third-order valence-electron chi connectivity index (χ3n) is 4.90.